The number of allylic oxidation sites excluding steroid dienone is 5. The van der Waals surface area contributed by atoms with Gasteiger partial charge >= 0.3 is 0 Å². The monoisotopic (exact) mass is 443 g/mol. The molecule has 1 fully saturated rings. The molecule has 0 radical (unpaired) electrons. The summed E-state index contributed by atoms with van der Waals surface area (Å²) in [5.41, 5.74) is 7.00. The number of ether oxygens (including phenoxy) is 1. The fourth-order valence-electron chi connectivity index (χ4n) is 4.44. The van der Waals surface area contributed by atoms with Crippen molar-refractivity contribution < 1.29 is 13.9 Å². The summed E-state index contributed by atoms with van der Waals surface area (Å²) in [5.74, 6) is -0.210. The van der Waals surface area contributed by atoms with E-state index in [1.54, 1.807) is 19.2 Å². The lowest BCUT2D eigenvalue weighted by Crippen LogP contribution is -2.44. The third kappa shape index (κ3) is 4.02. The Bertz CT molecular complexity index is 1240. The second kappa shape index (κ2) is 8.79. The Kier molecular flexibility index (Phi) is 5.68. The number of hydrogen-bond acceptors (Lipinski definition) is 4. The van der Waals surface area contributed by atoms with Crippen molar-refractivity contribution in [1.29, 1.82) is 0 Å². The number of halogens is 1. The van der Waals surface area contributed by atoms with Gasteiger partial charge in [-0.1, -0.05) is 18.2 Å². The second-order valence-corrected chi connectivity index (χ2v) is 8.51. The van der Waals surface area contributed by atoms with Gasteiger partial charge in [0.1, 0.15) is 11.5 Å². The van der Waals surface area contributed by atoms with Gasteiger partial charge in [0.25, 0.3) is 5.91 Å². The summed E-state index contributed by atoms with van der Waals surface area (Å²) in [6, 6.07) is 8.95. The molecule has 3 aliphatic heterocycles. The van der Waals surface area contributed by atoms with Crippen LogP contribution >= 0.6 is 0 Å². The largest absolute Gasteiger partial charge is 0.378 e. The van der Waals surface area contributed by atoms with Crippen LogP contribution in [0.3, 0.4) is 0 Å². The number of aryl methyl sites for hydroxylation is 1. The van der Waals surface area contributed by atoms with Crippen LogP contribution in [0, 0.1) is 12.7 Å². The van der Waals surface area contributed by atoms with Crippen LogP contribution in [0.1, 0.15) is 24.5 Å². The fraction of sp³-hybridized carbons (Fsp3) is 0.259. The topological polar surface area (TPSA) is 45.7 Å². The van der Waals surface area contributed by atoms with Crippen molar-refractivity contribution in [3.05, 3.63) is 94.9 Å². The Balaban J connectivity index is 1.54. The Hall–Kier alpha value is -3.51. The normalized spacial score (nSPS) is 18.2. The lowest BCUT2D eigenvalue weighted by atomic mass is 9.94. The van der Waals surface area contributed by atoms with Crippen molar-refractivity contribution in [2.24, 2.45) is 0 Å². The van der Waals surface area contributed by atoms with Crippen molar-refractivity contribution in [3.63, 3.8) is 0 Å². The standard InChI is InChI=1S/C27H26FN3O2/c1-18-5-9-25(27(32)30-12-14-33-15-13-30)31-17-21(7-10-24(18)31)22-4-3-11-29-26(22)20-6-8-23(28)19(2)16-20/h3-4,6-11,16-17H,5,12-15H2,1-2H3. The van der Waals surface area contributed by atoms with E-state index in [1.165, 1.54) is 11.6 Å². The van der Waals surface area contributed by atoms with E-state index in [0.29, 0.717) is 37.6 Å². The van der Waals surface area contributed by atoms with Gasteiger partial charge in [-0.15, -0.1) is 0 Å². The van der Waals surface area contributed by atoms with E-state index >= 15 is 0 Å². The summed E-state index contributed by atoms with van der Waals surface area (Å²) in [7, 11) is 0. The zero-order valence-electron chi connectivity index (χ0n) is 18.8. The lowest BCUT2D eigenvalue weighted by Gasteiger charge is -2.36. The van der Waals surface area contributed by atoms with Gasteiger partial charge in [-0.2, -0.15) is 0 Å². The van der Waals surface area contributed by atoms with Crippen LogP contribution in [0.25, 0.3) is 16.8 Å². The van der Waals surface area contributed by atoms with E-state index in [4.69, 9.17) is 4.74 Å². The van der Waals surface area contributed by atoms with Crippen LogP contribution in [0.5, 0.6) is 0 Å². The molecule has 2 aromatic rings. The zero-order valence-corrected chi connectivity index (χ0v) is 18.8. The molecular formula is C27H26FN3O2. The maximum atomic E-state index is 13.9. The number of rotatable bonds is 3. The predicted octanol–water partition coefficient (Wildman–Crippen LogP) is 4.83. The Morgan fingerprint density at radius 2 is 1.94 bits per heavy atom. The van der Waals surface area contributed by atoms with Crippen molar-refractivity contribution in [1.82, 2.24) is 14.8 Å². The van der Waals surface area contributed by atoms with Gasteiger partial charge in [0.15, 0.2) is 0 Å². The number of fused-ring (bicyclic) bond motifs is 1. The Morgan fingerprint density at radius 1 is 1.12 bits per heavy atom. The van der Waals surface area contributed by atoms with Crippen LogP contribution < -0.4 is 0 Å². The van der Waals surface area contributed by atoms with Crippen LogP contribution in [0.15, 0.2) is 77.9 Å². The first kappa shape index (κ1) is 21.3. The van der Waals surface area contributed by atoms with Gasteiger partial charge in [0.2, 0.25) is 0 Å². The highest BCUT2D eigenvalue weighted by Crippen LogP contribution is 2.36. The summed E-state index contributed by atoms with van der Waals surface area (Å²) < 4.78 is 19.3. The van der Waals surface area contributed by atoms with Crippen LogP contribution in [-0.4, -0.2) is 47.0 Å². The molecule has 1 saturated heterocycles. The number of amides is 1. The third-order valence-electron chi connectivity index (χ3n) is 6.31. The fourth-order valence-corrected chi connectivity index (χ4v) is 4.44. The maximum Gasteiger partial charge on any atom is 0.270 e. The third-order valence-corrected chi connectivity index (χ3v) is 6.31. The highest BCUT2D eigenvalue weighted by atomic mass is 19.1. The number of pyridine rings is 1. The van der Waals surface area contributed by atoms with E-state index in [9.17, 15) is 9.18 Å². The molecule has 5 nitrogen and oxygen atoms in total. The number of carbonyl (C=O) groups is 1. The Morgan fingerprint density at radius 3 is 2.73 bits per heavy atom. The van der Waals surface area contributed by atoms with E-state index < -0.39 is 0 Å². The molecule has 1 aromatic carbocycles. The molecule has 0 saturated carbocycles. The van der Waals surface area contributed by atoms with Gasteiger partial charge < -0.3 is 14.5 Å². The minimum atomic E-state index is -0.233. The molecule has 0 spiro atoms. The molecular weight excluding hydrogens is 417 g/mol. The van der Waals surface area contributed by atoms with E-state index in [0.717, 1.165) is 34.5 Å². The molecule has 0 bridgehead atoms. The first-order valence-electron chi connectivity index (χ1n) is 11.2. The molecule has 6 heteroatoms. The quantitative estimate of drug-likeness (QED) is 0.682. The van der Waals surface area contributed by atoms with Crippen molar-refractivity contribution >= 4 is 11.5 Å². The summed E-state index contributed by atoms with van der Waals surface area (Å²) in [6.45, 7) is 6.18. The van der Waals surface area contributed by atoms with Gasteiger partial charge in [0.05, 0.1) is 18.9 Å². The zero-order chi connectivity index (χ0) is 22.9. The number of carbonyl (C=O) groups excluding carboxylic acids is 1. The van der Waals surface area contributed by atoms with Crippen molar-refractivity contribution in [3.8, 4) is 11.3 Å². The highest BCUT2D eigenvalue weighted by molar-refractivity contribution is 5.95. The second-order valence-electron chi connectivity index (χ2n) is 8.51. The smallest absolute Gasteiger partial charge is 0.270 e. The first-order valence-corrected chi connectivity index (χ1v) is 11.2. The maximum absolute atomic E-state index is 13.9. The minimum absolute atomic E-state index is 0.0229. The van der Waals surface area contributed by atoms with Gasteiger partial charge in [-0.25, -0.2) is 4.39 Å². The molecule has 0 aliphatic carbocycles. The van der Waals surface area contributed by atoms with E-state index in [1.807, 2.05) is 40.3 Å². The van der Waals surface area contributed by atoms with E-state index in [2.05, 4.69) is 24.1 Å². The minimum Gasteiger partial charge on any atom is -0.378 e. The molecule has 1 aromatic heterocycles. The molecule has 0 N–H and O–H groups in total. The highest BCUT2D eigenvalue weighted by Gasteiger charge is 2.29. The summed E-state index contributed by atoms with van der Waals surface area (Å²) in [6.07, 6.45) is 10.6. The molecule has 33 heavy (non-hydrogen) atoms. The van der Waals surface area contributed by atoms with Crippen LogP contribution in [0.4, 0.5) is 4.39 Å². The van der Waals surface area contributed by atoms with Gasteiger partial charge in [-0.05, 0) is 61.7 Å². The first-order chi connectivity index (χ1) is 16.0. The molecule has 3 aliphatic rings. The number of benzene rings is 1. The number of aromatic nitrogens is 1. The summed E-state index contributed by atoms with van der Waals surface area (Å²) in [4.78, 5) is 21.8. The van der Waals surface area contributed by atoms with E-state index in [-0.39, 0.29) is 11.7 Å². The summed E-state index contributed by atoms with van der Waals surface area (Å²) >= 11 is 0. The van der Waals surface area contributed by atoms with Crippen LogP contribution in [-0.2, 0) is 9.53 Å². The van der Waals surface area contributed by atoms with Crippen LogP contribution in [0.2, 0.25) is 0 Å². The molecule has 0 unspecified atom stereocenters. The lowest BCUT2D eigenvalue weighted by molar-refractivity contribution is -0.132. The number of hydrogen-bond donors (Lipinski definition) is 0. The van der Waals surface area contributed by atoms with Crippen molar-refractivity contribution in [2.75, 3.05) is 26.3 Å². The average molecular weight is 444 g/mol. The molecule has 4 heterocycles. The molecule has 1 amide bonds. The average Bonchev–Trinajstić information content (AvgIpc) is 2.86. The Labute approximate surface area is 193 Å². The molecule has 168 valence electrons. The predicted molar refractivity (Wildman–Crippen MR) is 126 cm³/mol. The SMILES string of the molecule is CC1=C2C=CC(c3cccnc3-c3ccc(F)c(C)c3)=CN2C(C(=O)N2CCOCC2)=CC1. The van der Waals surface area contributed by atoms with Gasteiger partial charge in [-0.3, -0.25) is 9.78 Å². The number of nitrogens with zero attached hydrogens (tertiary/aromatic N) is 3. The summed E-state index contributed by atoms with van der Waals surface area (Å²) in [5, 5.41) is 0. The molecule has 0 atom stereocenters. The van der Waals surface area contributed by atoms with Crippen molar-refractivity contribution in [2.45, 2.75) is 20.3 Å². The number of morpholine rings is 1. The van der Waals surface area contributed by atoms with Gasteiger partial charge in [0, 0.05) is 47.9 Å². The molecule has 5 rings (SSSR count).